The number of carbonyl (C=O) groups is 2. The van der Waals surface area contributed by atoms with E-state index in [0.29, 0.717) is 12.3 Å². The summed E-state index contributed by atoms with van der Waals surface area (Å²) in [6, 6.07) is -0.186. The van der Waals surface area contributed by atoms with Crippen LogP contribution >= 0.6 is 0 Å². The number of rotatable bonds is 9. The molecule has 0 saturated heterocycles. The first-order valence-corrected chi connectivity index (χ1v) is 7.49. The summed E-state index contributed by atoms with van der Waals surface area (Å²) in [6.45, 7) is 9.92. The number of amides is 2. The standard InChI is InChI=1S/C15H30N2O3/c1-6-15(5,13(18)19)10-16-14(20)17-12(4)9-7-8-11(2)3/h11-12H,6-10H2,1-5H3,(H,18,19)(H2,16,17,20). The zero-order chi connectivity index (χ0) is 15.8. The fraction of sp³-hybridized carbons (Fsp3) is 0.867. The van der Waals surface area contributed by atoms with Crippen LogP contribution < -0.4 is 10.6 Å². The van der Waals surface area contributed by atoms with Gasteiger partial charge in [-0.2, -0.15) is 0 Å². The maximum Gasteiger partial charge on any atom is 0.315 e. The van der Waals surface area contributed by atoms with Crippen molar-refractivity contribution < 1.29 is 14.7 Å². The number of carboxylic acids is 1. The van der Waals surface area contributed by atoms with E-state index >= 15 is 0 Å². The van der Waals surface area contributed by atoms with Gasteiger partial charge in [-0.15, -0.1) is 0 Å². The highest BCUT2D eigenvalue weighted by molar-refractivity contribution is 5.77. The van der Waals surface area contributed by atoms with Gasteiger partial charge in [0.2, 0.25) is 0 Å². The zero-order valence-corrected chi connectivity index (χ0v) is 13.5. The Hall–Kier alpha value is -1.26. The van der Waals surface area contributed by atoms with E-state index < -0.39 is 11.4 Å². The molecule has 0 aromatic rings. The van der Waals surface area contributed by atoms with E-state index in [1.165, 1.54) is 0 Å². The minimum Gasteiger partial charge on any atom is -0.481 e. The van der Waals surface area contributed by atoms with Gasteiger partial charge in [0.15, 0.2) is 0 Å². The van der Waals surface area contributed by atoms with Crippen LogP contribution in [0.25, 0.3) is 0 Å². The Kier molecular flexibility index (Phi) is 8.26. The molecule has 0 aromatic carbocycles. The summed E-state index contributed by atoms with van der Waals surface area (Å²) in [4.78, 5) is 22.8. The third-order valence-electron chi connectivity index (χ3n) is 3.73. The number of carbonyl (C=O) groups excluding carboxylic acids is 1. The van der Waals surface area contributed by atoms with Crippen LogP contribution in [0.4, 0.5) is 4.79 Å². The third kappa shape index (κ3) is 7.36. The van der Waals surface area contributed by atoms with Gasteiger partial charge in [-0.1, -0.05) is 33.6 Å². The van der Waals surface area contributed by atoms with Gasteiger partial charge in [-0.3, -0.25) is 4.79 Å². The van der Waals surface area contributed by atoms with Gasteiger partial charge in [-0.05, 0) is 32.6 Å². The highest BCUT2D eigenvalue weighted by Gasteiger charge is 2.31. The molecule has 118 valence electrons. The van der Waals surface area contributed by atoms with Crippen LogP contribution in [0.2, 0.25) is 0 Å². The van der Waals surface area contributed by atoms with Crippen LogP contribution in [-0.4, -0.2) is 29.7 Å². The molecule has 2 atom stereocenters. The van der Waals surface area contributed by atoms with Crippen LogP contribution in [0.3, 0.4) is 0 Å². The molecule has 3 N–H and O–H groups in total. The Morgan fingerprint density at radius 1 is 1.20 bits per heavy atom. The van der Waals surface area contributed by atoms with E-state index in [4.69, 9.17) is 5.11 Å². The van der Waals surface area contributed by atoms with Crippen molar-refractivity contribution >= 4 is 12.0 Å². The van der Waals surface area contributed by atoms with Gasteiger partial charge in [0.05, 0.1) is 5.41 Å². The zero-order valence-electron chi connectivity index (χ0n) is 13.5. The van der Waals surface area contributed by atoms with Crippen molar-refractivity contribution in [3.8, 4) is 0 Å². The highest BCUT2D eigenvalue weighted by atomic mass is 16.4. The molecule has 0 aliphatic carbocycles. The fourth-order valence-electron chi connectivity index (χ4n) is 1.81. The fourth-order valence-corrected chi connectivity index (χ4v) is 1.81. The summed E-state index contributed by atoms with van der Waals surface area (Å²) in [5, 5.41) is 14.6. The number of nitrogens with one attached hydrogen (secondary N) is 2. The molecule has 0 heterocycles. The monoisotopic (exact) mass is 286 g/mol. The molecular formula is C15H30N2O3. The lowest BCUT2D eigenvalue weighted by molar-refractivity contribution is -0.147. The van der Waals surface area contributed by atoms with Gasteiger partial charge in [0.1, 0.15) is 0 Å². The molecule has 0 aromatic heterocycles. The van der Waals surface area contributed by atoms with E-state index in [1.54, 1.807) is 6.92 Å². The highest BCUT2D eigenvalue weighted by Crippen LogP contribution is 2.19. The first-order chi connectivity index (χ1) is 9.21. The van der Waals surface area contributed by atoms with E-state index in [-0.39, 0.29) is 18.6 Å². The lowest BCUT2D eigenvalue weighted by Gasteiger charge is -2.24. The Morgan fingerprint density at radius 3 is 2.25 bits per heavy atom. The second kappa shape index (κ2) is 8.82. The molecule has 0 fully saturated rings. The third-order valence-corrected chi connectivity index (χ3v) is 3.73. The second-order valence-corrected chi connectivity index (χ2v) is 6.27. The Labute approximate surface area is 122 Å². The van der Waals surface area contributed by atoms with Crippen LogP contribution in [0.15, 0.2) is 0 Å². The molecule has 20 heavy (non-hydrogen) atoms. The largest absolute Gasteiger partial charge is 0.481 e. The lowest BCUT2D eigenvalue weighted by atomic mass is 9.88. The summed E-state index contributed by atoms with van der Waals surface area (Å²) in [5.41, 5.74) is -0.905. The van der Waals surface area contributed by atoms with Crippen molar-refractivity contribution in [2.45, 2.75) is 66.3 Å². The predicted octanol–water partition coefficient (Wildman–Crippen LogP) is 3.00. The van der Waals surface area contributed by atoms with E-state index in [0.717, 1.165) is 19.3 Å². The lowest BCUT2D eigenvalue weighted by Crippen LogP contribution is -2.46. The molecule has 0 rings (SSSR count). The first kappa shape index (κ1) is 18.7. The van der Waals surface area contributed by atoms with Gasteiger partial charge >= 0.3 is 12.0 Å². The van der Waals surface area contributed by atoms with Crippen molar-refractivity contribution in [3.63, 3.8) is 0 Å². The van der Waals surface area contributed by atoms with E-state index in [2.05, 4.69) is 24.5 Å². The summed E-state index contributed by atoms with van der Waals surface area (Å²) < 4.78 is 0. The van der Waals surface area contributed by atoms with Crippen molar-refractivity contribution in [2.75, 3.05) is 6.54 Å². The molecular weight excluding hydrogens is 256 g/mol. The summed E-state index contributed by atoms with van der Waals surface area (Å²) >= 11 is 0. The average molecular weight is 286 g/mol. The van der Waals surface area contributed by atoms with Crippen LogP contribution in [0.1, 0.15) is 60.3 Å². The number of hydrogen-bond acceptors (Lipinski definition) is 2. The smallest absolute Gasteiger partial charge is 0.315 e. The summed E-state index contributed by atoms with van der Waals surface area (Å²) in [7, 11) is 0. The average Bonchev–Trinajstić information content (AvgIpc) is 2.35. The van der Waals surface area contributed by atoms with Gasteiger partial charge in [0.25, 0.3) is 0 Å². The maximum atomic E-state index is 11.7. The SMILES string of the molecule is CCC(C)(CNC(=O)NC(C)CCCC(C)C)C(=O)O. The Morgan fingerprint density at radius 2 is 1.80 bits per heavy atom. The number of carboxylic acid groups (broad SMARTS) is 1. The molecule has 0 aliphatic rings. The summed E-state index contributed by atoms with van der Waals surface area (Å²) in [5.74, 6) is -0.206. The van der Waals surface area contributed by atoms with Crippen molar-refractivity contribution in [1.82, 2.24) is 10.6 Å². The quantitative estimate of drug-likeness (QED) is 0.609. The Bertz CT molecular complexity index is 318. The van der Waals surface area contributed by atoms with Crippen LogP contribution in [0.5, 0.6) is 0 Å². The molecule has 0 saturated carbocycles. The van der Waals surface area contributed by atoms with Gasteiger partial charge < -0.3 is 15.7 Å². The van der Waals surface area contributed by atoms with Crippen molar-refractivity contribution in [2.24, 2.45) is 11.3 Å². The van der Waals surface area contributed by atoms with E-state index in [1.807, 2.05) is 13.8 Å². The molecule has 0 aliphatic heterocycles. The minimum absolute atomic E-state index is 0.103. The number of aliphatic carboxylic acids is 1. The molecule has 0 bridgehead atoms. The van der Waals surface area contributed by atoms with Crippen molar-refractivity contribution in [3.05, 3.63) is 0 Å². The van der Waals surface area contributed by atoms with Crippen LogP contribution in [0, 0.1) is 11.3 Å². The molecule has 5 nitrogen and oxygen atoms in total. The molecule has 5 heteroatoms. The van der Waals surface area contributed by atoms with Crippen molar-refractivity contribution in [1.29, 1.82) is 0 Å². The summed E-state index contributed by atoms with van der Waals surface area (Å²) in [6.07, 6.45) is 3.66. The van der Waals surface area contributed by atoms with E-state index in [9.17, 15) is 9.59 Å². The molecule has 0 radical (unpaired) electrons. The molecule has 2 amide bonds. The molecule has 2 unspecified atom stereocenters. The van der Waals surface area contributed by atoms with Gasteiger partial charge in [0, 0.05) is 12.6 Å². The first-order valence-electron chi connectivity index (χ1n) is 7.49. The predicted molar refractivity (Wildman–Crippen MR) is 80.7 cm³/mol. The number of urea groups is 1. The molecule has 0 spiro atoms. The Balaban J connectivity index is 4.01. The van der Waals surface area contributed by atoms with Gasteiger partial charge in [-0.25, -0.2) is 4.79 Å². The maximum absolute atomic E-state index is 11.7. The second-order valence-electron chi connectivity index (χ2n) is 6.27. The normalized spacial score (nSPS) is 15.5. The van der Waals surface area contributed by atoms with Crippen LogP contribution in [-0.2, 0) is 4.79 Å². The topological polar surface area (TPSA) is 78.4 Å². The minimum atomic E-state index is -0.905. The number of hydrogen-bond donors (Lipinski definition) is 3.